The topological polar surface area (TPSA) is 9.23 Å². The van der Waals surface area contributed by atoms with Gasteiger partial charge in [0, 0.05) is 0 Å². The minimum atomic E-state index is 0.519. The van der Waals surface area contributed by atoms with E-state index in [1.807, 2.05) is 0 Å². The molecule has 0 aliphatic carbocycles. The van der Waals surface area contributed by atoms with Gasteiger partial charge in [-0.05, 0) is 32.6 Å². The van der Waals surface area contributed by atoms with Gasteiger partial charge in [0.25, 0.3) is 0 Å². The highest BCUT2D eigenvalue weighted by Gasteiger charge is 2.17. The van der Waals surface area contributed by atoms with Crippen molar-refractivity contribution in [3.05, 3.63) is 0 Å². The smallest absolute Gasteiger partial charge is 0.0578 e. The molecular formula is C9H18O. The minimum absolute atomic E-state index is 0.519. The Hall–Kier alpha value is -0.0400. The molecule has 1 aliphatic rings. The van der Waals surface area contributed by atoms with Crippen LogP contribution in [0.5, 0.6) is 0 Å². The molecular weight excluding hydrogens is 124 g/mol. The Morgan fingerprint density at radius 3 is 2.80 bits per heavy atom. The Bertz CT molecular complexity index is 88.7. The monoisotopic (exact) mass is 142 g/mol. The molecule has 1 heterocycles. The SMILES string of the molecule is CCCC1CCCC(C)O1. The number of hydrogen-bond donors (Lipinski definition) is 0. The Kier molecular flexibility index (Phi) is 3.20. The average Bonchev–Trinajstić information content (AvgIpc) is 1.88. The third kappa shape index (κ3) is 2.30. The zero-order valence-electron chi connectivity index (χ0n) is 7.10. The van der Waals surface area contributed by atoms with Crippen molar-refractivity contribution >= 4 is 0 Å². The van der Waals surface area contributed by atoms with Gasteiger partial charge >= 0.3 is 0 Å². The summed E-state index contributed by atoms with van der Waals surface area (Å²) in [5, 5.41) is 0. The van der Waals surface area contributed by atoms with Gasteiger partial charge in [0.15, 0.2) is 0 Å². The third-order valence-electron chi connectivity index (χ3n) is 2.17. The van der Waals surface area contributed by atoms with Crippen molar-refractivity contribution < 1.29 is 4.74 Å². The number of ether oxygens (including phenoxy) is 1. The van der Waals surface area contributed by atoms with Crippen molar-refractivity contribution in [1.82, 2.24) is 0 Å². The lowest BCUT2D eigenvalue weighted by Gasteiger charge is -2.27. The summed E-state index contributed by atoms with van der Waals surface area (Å²) in [5.74, 6) is 0. The third-order valence-corrected chi connectivity index (χ3v) is 2.17. The molecule has 0 aromatic heterocycles. The summed E-state index contributed by atoms with van der Waals surface area (Å²) in [5.41, 5.74) is 0. The van der Waals surface area contributed by atoms with Crippen LogP contribution in [0.15, 0.2) is 0 Å². The summed E-state index contributed by atoms with van der Waals surface area (Å²) in [7, 11) is 0. The lowest BCUT2D eigenvalue weighted by Crippen LogP contribution is -2.24. The van der Waals surface area contributed by atoms with Gasteiger partial charge in [-0.2, -0.15) is 0 Å². The van der Waals surface area contributed by atoms with E-state index in [2.05, 4.69) is 13.8 Å². The second-order valence-corrected chi connectivity index (χ2v) is 3.29. The van der Waals surface area contributed by atoms with Crippen molar-refractivity contribution in [2.75, 3.05) is 0 Å². The van der Waals surface area contributed by atoms with Crippen LogP contribution in [0.4, 0.5) is 0 Å². The van der Waals surface area contributed by atoms with Crippen LogP contribution in [0, 0.1) is 0 Å². The summed E-state index contributed by atoms with van der Waals surface area (Å²) >= 11 is 0. The van der Waals surface area contributed by atoms with Crippen LogP contribution >= 0.6 is 0 Å². The van der Waals surface area contributed by atoms with Crippen molar-refractivity contribution in [2.24, 2.45) is 0 Å². The molecule has 1 aliphatic heterocycles. The normalized spacial score (nSPS) is 34.2. The van der Waals surface area contributed by atoms with Crippen LogP contribution < -0.4 is 0 Å². The minimum Gasteiger partial charge on any atom is -0.375 e. The summed E-state index contributed by atoms with van der Waals surface area (Å²) in [4.78, 5) is 0. The van der Waals surface area contributed by atoms with Crippen molar-refractivity contribution in [3.8, 4) is 0 Å². The highest BCUT2D eigenvalue weighted by Crippen LogP contribution is 2.21. The van der Waals surface area contributed by atoms with Crippen LogP contribution in [-0.2, 0) is 4.74 Å². The maximum absolute atomic E-state index is 5.73. The molecule has 1 fully saturated rings. The van der Waals surface area contributed by atoms with Crippen LogP contribution in [0.1, 0.15) is 46.0 Å². The van der Waals surface area contributed by atoms with Crippen LogP contribution in [0.3, 0.4) is 0 Å². The van der Waals surface area contributed by atoms with E-state index in [-0.39, 0.29) is 0 Å². The first-order valence-corrected chi connectivity index (χ1v) is 4.48. The molecule has 0 radical (unpaired) electrons. The molecule has 0 aromatic rings. The fourth-order valence-corrected chi connectivity index (χ4v) is 1.63. The van der Waals surface area contributed by atoms with Gasteiger partial charge in [-0.15, -0.1) is 0 Å². The number of rotatable bonds is 2. The van der Waals surface area contributed by atoms with E-state index in [4.69, 9.17) is 4.74 Å². The maximum atomic E-state index is 5.73. The Morgan fingerprint density at radius 2 is 2.20 bits per heavy atom. The molecule has 0 saturated carbocycles. The molecule has 0 amide bonds. The van der Waals surface area contributed by atoms with E-state index in [9.17, 15) is 0 Å². The highest BCUT2D eigenvalue weighted by molar-refractivity contribution is 4.67. The molecule has 0 aromatic carbocycles. The largest absolute Gasteiger partial charge is 0.375 e. The Balaban J connectivity index is 2.18. The standard InChI is InChI=1S/C9H18O/c1-3-5-9-7-4-6-8(2)10-9/h8-9H,3-7H2,1-2H3. The summed E-state index contributed by atoms with van der Waals surface area (Å²) in [6.45, 7) is 4.41. The van der Waals surface area contributed by atoms with Crippen molar-refractivity contribution in [1.29, 1.82) is 0 Å². The molecule has 1 heteroatoms. The summed E-state index contributed by atoms with van der Waals surface area (Å²) in [6.07, 6.45) is 7.53. The van der Waals surface area contributed by atoms with Gasteiger partial charge in [0.1, 0.15) is 0 Å². The van der Waals surface area contributed by atoms with E-state index in [1.165, 1.54) is 32.1 Å². The summed E-state index contributed by atoms with van der Waals surface area (Å²) < 4.78 is 5.73. The van der Waals surface area contributed by atoms with E-state index in [1.54, 1.807) is 0 Å². The molecule has 1 nitrogen and oxygen atoms in total. The Morgan fingerprint density at radius 1 is 1.40 bits per heavy atom. The lowest BCUT2D eigenvalue weighted by atomic mass is 10.0. The van der Waals surface area contributed by atoms with E-state index < -0.39 is 0 Å². The molecule has 0 bridgehead atoms. The quantitative estimate of drug-likeness (QED) is 0.576. The average molecular weight is 142 g/mol. The zero-order chi connectivity index (χ0) is 7.40. The number of hydrogen-bond acceptors (Lipinski definition) is 1. The maximum Gasteiger partial charge on any atom is 0.0578 e. The second-order valence-electron chi connectivity index (χ2n) is 3.29. The van der Waals surface area contributed by atoms with E-state index >= 15 is 0 Å². The second kappa shape index (κ2) is 3.97. The molecule has 2 unspecified atom stereocenters. The van der Waals surface area contributed by atoms with Crippen LogP contribution in [-0.4, -0.2) is 12.2 Å². The van der Waals surface area contributed by atoms with E-state index in [0.717, 1.165) is 0 Å². The van der Waals surface area contributed by atoms with Gasteiger partial charge in [0.2, 0.25) is 0 Å². The van der Waals surface area contributed by atoms with Crippen LogP contribution in [0.25, 0.3) is 0 Å². The van der Waals surface area contributed by atoms with Gasteiger partial charge < -0.3 is 4.74 Å². The molecule has 60 valence electrons. The fourth-order valence-electron chi connectivity index (χ4n) is 1.63. The zero-order valence-corrected chi connectivity index (χ0v) is 7.10. The first-order chi connectivity index (χ1) is 4.83. The molecule has 2 atom stereocenters. The lowest BCUT2D eigenvalue weighted by molar-refractivity contribution is -0.0433. The highest BCUT2D eigenvalue weighted by atomic mass is 16.5. The molecule has 1 rings (SSSR count). The molecule has 10 heavy (non-hydrogen) atoms. The van der Waals surface area contributed by atoms with E-state index in [0.29, 0.717) is 12.2 Å². The van der Waals surface area contributed by atoms with Crippen molar-refractivity contribution in [2.45, 2.75) is 58.2 Å². The van der Waals surface area contributed by atoms with Crippen LogP contribution in [0.2, 0.25) is 0 Å². The molecule has 1 saturated heterocycles. The first-order valence-electron chi connectivity index (χ1n) is 4.48. The fraction of sp³-hybridized carbons (Fsp3) is 1.00. The van der Waals surface area contributed by atoms with Gasteiger partial charge in [-0.25, -0.2) is 0 Å². The van der Waals surface area contributed by atoms with Gasteiger partial charge in [-0.3, -0.25) is 0 Å². The predicted octanol–water partition coefficient (Wildman–Crippen LogP) is 2.74. The predicted molar refractivity (Wildman–Crippen MR) is 43.1 cm³/mol. The van der Waals surface area contributed by atoms with Gasteiger partial charge in [0.05, 0.1) is 12.2 Å². The van der Waals surface area contributed by atoms with Crippen molar-refractivity contribution in [3.63, 3.8) is 0 Å². The first kappa shape index (κ1) is 8.06. The Labute approximate surface area is 63.8 Å². The molecule has 0 spiro atoms. The summed E-state index contributed by atoms with van der Waals surface area (Å²) in [6, 6.07) is 0. The van der Waals surface area contributed by atoms with Gasteiger partial charge in [-0.1, -0.05) is 13.3 Å². The molecule has 0 N–H and O–H groups in total.